The lowest BCUT2D eigenvalue weighted by molar-refractivity contribution is -0.137. The zero-order valence-electron chi connectivity index (χ0n) is 7.23. The average Bonchev–Trinajstić information content (AvgIpc) is 2.15. The summed E-state index contributed by atoms with van der Waals surface area (Å²) in [6.45, 7) is 0.578. The van der Waals surface area contributed by atoms with Crippen molar-refractivity contribution >= 4 is 11.8 Å². The molecule has 1 heterocycles. The smallest absolute Gasteiger partial charge is 0.381 e. The number of hydrogen-bond donors (Lipinski definition) is 1. The molecule has 0 aromatic heterocycles. The maximum absolute atomic E-state index is 12.5. The van der Waals surface area contributed by atoms with Gasteiger partial charge in [-0.05, 0) is 12.1 Å². The Hall–Kier alpha value is -1.45. The Morgan fingerprint density at radius 3 is 2.71 bits per heavy atom. The maximum atomic E-state index is 12.5. The molecule has 0 radical (unpaired) electrons. The van der Waals surface area contributed by atoms with Gasteiger partial charge in [-0.3, -0.25) is 0 Å². The molecular formula is C10H8F3N. The summed E-state index contributed by atoms with van der Waals surface area (Å²) in [7, 11) is 0. The minimum atomic E-state index is -4.28. The Morgan fingerprint density at radius 2 is 2.00 bits per heavy atom. The third-order valence-corrected chi connectivity index (χ3v) is 2.11. The molecule has 0 saturated carbocycles. The standard InChI is InChI=1S/C10H8F3N/c11-10(12,13)8-4-1-5-9-7(8)3-2-6-14-9/h1-5,14H,6H2. The van der Waals surface area contributed by atoms with Crippen LogP contribution < -0.4 is 5.32 Å². The molecule has 0 fully saturated rings. The Balaban J connectivity index is 2.58. The topological polar surface area (TPSA) is 12.0 Å². The third kappa shape index (κ3) is 1.47. The first-order valence-electron chi connectivity index (χ1n) is 4.19. The Kier molecular flexibility index (Phi) is 1.98. The fourth-order valence-corrected chi connectivity index (χ4v) is 1.49. The molecule has 14 heavy (non-hydrogen) atoms. The van der Waals surface area contributed by atoms with Crippen LogP contribution in [0.2, 0.25) is 0 Å². The number of nitrogens with one attached hydrogen (secondary N) is 1. The van der Waals surface area contributed by atoms with Crippen molar-refractivity contribution < 1.29 is 13.2 Å². The summed E-state index contributed by atoms with van der Waals surface area (Å²) in [6.07, 6.45) is -1.10. The summed E-state index contributed by atoms with van der Waals surface area (Å²) >= 11 is 0. The van der Waals surface area contributed by atoms with Crippen LogP contribution in [0, 0.1) is 0 Å². The lowest BCUT2D eigenvalue weighted by Crippen LogP contribution is -2.12. The van der Waals surface area contributed by atoms with Crippen LogP contribution in [0.3, 0.4) is 0 Å². The fraction of sp³-hybridized carbons (Fsp3) is 0.200. The number of hydrogen-bond acceptors (Lipinski definition) is 1. The highest BCUT2D eigenvalue weighted by molar-refractivity contribution is 5.73. The van der Waals surface area contributed by atoms with E-state index in [-0.39, 0.29) is 5.56 Å². The highest BCUT2D eigenvalue weighted by atomic mass is 19.4. The molecule has 2 rings (SSSR count). The molecule has 1 aromatic rings. The van der Waals surface area contributed by atoms with Crippen molar-refractivity contribution in [1.82, 2.24) is 0 Å². The van der Waals surface area contributed by atoms with E-state index in [1.54, 1.807) is 12.1 Å². The molecule has 0 amide bonds. The Bertz CT molecular complexity index is 379. The predicted octanol–water partition coefficient (Wildman–Crippen LogP) is 3.14. The second-order valence-electron chi connectivity index (χ2n) is 3.05. The highest BCUT2D eigenvalue weighted by Crippen LogP contribution is 2.36. The van der Waals surface area contributed by atoms with Crippen molar-refractivity contribution in [3.63, 3.8) is 0 Å². The van der Waals surface area contributed by atoms with E-state index < -0.39 is 11.7 Å². The van der Waals surface area contributed by atoms with E-state index in [4.69, 9.17) is 0 Å². The van der Waals surface area contributed by atoms with E-state index in [0.29, 0.717) is 12.2 Å². The monoisotopic (exact) mass is 199 g/mol. The minimum absolute atomic E-state index is 0.228. The Labute approximate surface area is 79.2 Å². The molecule has 0 atom stereocenters. The van der Waals surface area contributed by atoms with Crippen molar-refractivity contribution in [3.8, 4) is 0 Å². The molecule has 1 aliphatic rings. The van der Waals surface area contributed by atoms with E-state index in [1.165, 1.54) is 12.1 Å². The second kappa shape index (κ2) is 3.04. The minimum Gasteiger partial charge on any atom is -0.381 e. The van der Waals surface area contributed by atoms with Gasteiger partial charge in [0.15, 0.2) is 0 Å². The summed E-state index contributed by atoms with van der Waals surface area (Å²) in [5.41, 5.74) is 0.187. The molecule has 0 unspecified atom stereocenters. The van der Waals surface area contributed by atoms with Crippen LogP contribution in [0.4, 0.5) is 18.9 Å². The van der Waals surface area contributed by atoms with Crippen LogP contribution in [0.25, 0.3) is 6.08 Å². The molecule has 1 nitrogen and oxygen atoms in total. The molecule has 4 heteroatoms. The van der Waals surface area contributed by atoms with Gasteiger partial charge in [0.1, 0.15) is 0 Å². The summed E-state index contributed by atoms with van der Waals surface area (Å²) in [4.78, 5) is 0. The number of fused-ring (bicyclic) bond motifs is 1. The van der Waals surface area contributed by atoms with Crippen LogP contribution in [-0.4, -0.2) is 6.54 Å². The van der Waals surface area contributed by atoms with Crippen LogP contribution in [0.15, 0.2) is 24.3 Å². The van der Waals surface area contributed by atoms with E-state index in [9.17, 15) is 13.2 Å². The van der Waals surface area contributed by atoms with Gasteiger partial charge >= 0.3 is 6.18 Å². The van der Waals surface area contributed by atoms with E-state index in [2.05, 4.69) is 5.32 Å². The Morgan fingerprint density at radius 1 is 1.21 bits per heavy atom. The number of alkyl halides is 3. The van der Waals surface area contributed by atoms with Crippen LogP contribution in [0.1, 0.15) is 11.1 Å². The van der Waals surface area contributed by atoms with Gasteiger partial charge in [-0.1, -0.05) is 18.2 Å². The zero-order chi connectivity index (χ0) is 10.2. The first kappa shape index (κ1) is 9.12. The van der Waals surface area contributed by atoms with Gasteiger partial charge in [-0.15, -0.1) is 0 Å². The number of rotatable bonds is 0. The molecule has 0 bridgehead atoms. The average molecular weight is 199 g/mol. The van der Waals surface area contributed by atoms with E-state index >= 15 is 0 Å². The summed E-state index contributed by atoms with van der Waals surface area (Å²) in [5, 5.41) is 2.89. The molecule has 1 aromatic carbocycles. The SMILES string of the molecule is FC(F)(F)c1cccc2c1C=CCN2. The molecule has 74 valence electrons. The zero-order valence-corrected chi connectivity index (χ0v) is 7.23. The van der Waals surface area contributed by atoms with Crippen molar-refractivity contribution in [2.24, 2.45) is 0 Å². The van der Waals surface area contributed by atoms with Gasteiger partial charge < -0.3 is 5.32 Å². The molecule has 1 N–H and O–H groups in total. The molecule has 0 spiro atoms. The van der Waals surface area contributed by atoms with Crippen LogP contribution in [-0.2, 0) is 6.18 Å². The number of anilines is 1. The highest BCUT2D eigenvalue weighted by Gasteiger charge is 2.33. The largest absolute Gasteiger partial charge is 0.417 e. The molecular weight excluding hydrogens is 191 g/mol. The lowest BCUT2D eigenvalue weighted by Gasteiger charge is -2.17. The molecule has 0 aliphatic carbocycles. The first-order valence-corrected chi connectivity index (χ1v) is 4.19. The third-order valence-electron chi connectivity index (χ3n) is 2.11. The molecule has 1 aliphatic heterocycles. The molecule has 0 saturated heterocycles. The number of halogens is 3. The normalized spacial score (nSPS) is 14.8. The van der Waals surface area contributed by atoms with Crippen molar-refractivity contribution in [1.29, 1.82) is 0 Å². The summed E-state index contributed by atoms with van der Waals surface area (Å²) in [5.74, 6) is 0. The summed E-state index contributed by atoms with van der Waals surface area (Å²) < 4.78 is 37.5. The van der Waals surface area contributed by atoms with Crippen molar-refractivity contribution in [2.75, 3.05) is 11.9 Å². The van der Waals surface area contributed by atoms with E-state index in [0.717, 1.165) is 6.07 Å². The van der Waals surface area contributed by atoms with Gasteiger partial charge in [-0.25, -0.2) is 0 Å². The van der Waals surface area contributed by atoms with Crippen molar-refractivity contribution in [2.45, 2.75) is 6.18 Å². The van der Waals surface area contributed by atoms with Crippen molar-refractivity contribution in [3.05, 3.63) is 35.4 Å². The second-order valence-corrected chi connectivity index (χ2v) is 3.05. The van der Waals surface area contributed by atoms with Crippen LogP contribution >= 0.6 is 0 Å². The van der Waals surface area contributed by atoms with Gasteiger partial charge in [0.05, 0.1) is 5.56 Å². The quantitative estimate of drug-likeness (QED) is 0.676. The van der Waals surface area contributed by atoms with E-state index in [1.807, 2.05) is 0 Å². The first-order chi connectivity index (χ1) is 6.59. The van der Waals surface area contributed by atoms with Gasteiger partial charge in [0, 0.05) is 17.8 Å². The summed E-state index contributed by atoms with van der Waals surface area (Å²) in [6, 6.07) is 4.15. The van der Waals surface area contributed by atoms with Gasteiger partial charge in [0.2, 0.25) is 0 Å². The van der Waals surface area contributed by atoms with Gasteiger partial charge in [-0.2, -0.15) is 13.2 Å². The number of benzene rings is 1. The lowest BCUT2D eigenvalue weighted by atomic mass is 10.0. The van der Waals surface area contributed by atoms with Crippen LogP contribution in [0.5, 0.6) is 0 Å². The van der Waals surface area contributed by atoms with Gasteiger partial charge in [0.25, 0.3) is 0 Å². The fourth-order valence-electron chi connectivity index (χ4n) is 1.49. The maximum Gasteiger partial charge on any atom is 0.417 e. The predicted molar refractivity (Wildman–Crippen MR) is 49.0 cm³/mol.